The molecule has 1 aliphatic rings. The van der Waals surface area contributed by atoms with E-state index < -0.39 is 10.1 Å². The van der Waals surface area contributed by atoms with Crippen LogP contribution in [0.4, 0.5) is 5.69 Å². The van der Waals surface area contributed by atoms with Crippen LogP contribution in [0, 0.1) is 0 Å². The van der Waals surface area contributed by atoms with Crippen LogP contribution in [0.1, 0.15) is 12.5 Å². The molecule has 1 N–H and O–H groups in total. The second-order valence-electron chi connectivity index (χ2n) is 7.29. The minimum atomic E-state index is -4.08. The number of thioether (sulfide) groups is 1. The van der Waals surface area contributed by atoms with Gasteiger partial charge in [0.25, 0.3) is 5.91 Å². The molecule has 3 aromatic carbocycles. The molecule has 0 spiro atoms. The number of amidine groups is 1. The van der Waals surface area contributed by atoms with Crippen LogP contribution >= 0.6 is 27.7 Å². The second kappa shape index (κ2) is 11.2. The van der Waals surface area contributed by atoms with E-state index in [0.29, 0.717) is 31.5 Å². The average molecular weight is 589 g/mol. The summed E-state index contributed by atoms with van der Waals surface area (Å²) in [6.07, 6.45) is 1.67. The summed E-state index contributed by atoms with van der Waals surface area (Å²) in [5.41, 5.74) is 1.28. The van der Waals surface area contributed by atoms with Crippen molar-refractivity contribution in [2.75, 3.05) is 13.7 Å². The Kier molecular flexibility index (Phi) is 8.02. The van der Waals surface area contributed by atoms with Crippen molar-refractivity contribution in [3.05, 3.63) is 81.7 Å². The molecule has 4 rings (SSSR count). The average Bonchev–Trinajstić information content (AvgIpc) is 3.20. The first-order valence-electron chi connectivity index (χ1n) is 10.7. The van der Waals surface area contributed by atoms with E-state index in [1.165, 1.54) is 23.9 Å². The maximum atomic E-state index is 12.8. The number of nitrogens with zero attached hydrogens (tertiary/aromatic N) is 1. The Morgan fingerprint density at radius 3 is 2.47 bits per heavy atom. The van der Waals surface area contributed by atoms with Crippen molar-refractivity contribution in [1.29, 1.82) is 0 Å². The van der Waals surface area contributed by atoms with E-state index in [4.69, 9.17) is 13.7 Å². The molecular weight excluding hydrogens is 568 g/mol. The summed E-state index contributed by atoms with van der Waals surface area (Å²) in [6, 6.07) is 18.2. The molecule has 8 nitrogen and oxygen atoms in total. The van der Waals surface area contributed by atoms with Gasteiger partial charge in [-0.15, -0.1) is 0 Å². The first-order valence-corrected chi connectivity index (χ1v) is 13.7. The third-order valence-corrected chi connectivity index (χ3v) is 7.54. The Morgan fingerprint density at radius 1 is 1.08 bits per heavy atom. The highest BCUT2D eigenvalue weighted by Crippen LogP contribution is 2.40. The monoisotopic (exact) mass is 588 g/mol. The summed E-state index contributed by atoms with van der Waals surface area (Å²) in [6.45, 7) is 2.05. The molecule has 36 heavy (non-hydrogen) atoms. The maximum absolute atomic E-state index is 12.8. The van der Waals surface area contributed by atoms with E-state index in [1.54, 1.807) is 74.7 Å². The molecule has 11 heteroatoms. The number of hydrogen-bond acceptors (Lipinski definition) is 8. The van der Waals surface area contributed by atoms with Gasteiger partial charge in [-0.2, -0.15) is 8.42 Å². The minimum Gasteiger partial charge on any atom is -0.497 e. The normalized spacial score (nSPS) is 15.7. The summed E-state index contributed by atoms with van der Waals surface area (Å²) < 4.78 is 42.1. The number of methoxy groups -OCH3 is 1. The predicted octanol–water partition coefficient (Wildman–Crippen LogP) is 5.52. The number of amides is 1. The van der Waals surface area contributed by atoms with Crippen molar-refractivity contribution >= 4 is 60.6 Å². The quantitative estimate of drug-likeness (QED) is 0.273. The molecule has 3 aromatic rings. The lowest BCUT2D eigenvalue weighted by Crippen LogP contribution is -2.19. The van der Waals surface area contributed by atoms with Crippen LogP contribution in [0.5, 0.6) is 17.2 Å². The van der Waals surface area contributed by atoms with Crippen LogP contribution in [0.3, 0.4) is 0 Å². The van der Waals surface area contributed by atoms with Crippen LogP contribution in [0.15, 0.2) is 86.0 Å². The molecule has 0 bridgehead atoms. The zero-order valence-corrected chi connectivity index (χ0v) is 22.4. The molecule has 0 unspecified atom stereocenters. The van der Waals surface area contributed by atoms with E-state index in [2.05, 4.69) is 26.2 Å². The molecule has 1 fully saturated rings. The number of carbonyl (C=O) groups excluding carboxylic acids is 1. The molecule has 1 amide bonds. The second-order valence-corrected chi connectivity index (χ2v) is 10.7. The van der Waals surface area contributed by atoms with E-state index in [0.717, 1.165) is 0 Å². The van der Waals surface area contributed by atoms with Crippen LogP contribution < -0.4 is 19.0 Å². The summed E-state index contributed by atoms with van der Waals surface area (Å²) in [5.74, 6) is 0.651. The highest BCUT2D eigenvalue weighted by Gasteiger charge is 2.25. The summed E-state index contributed by atoms with van der Waals surface area (Å²) >= 11 is 4.58. The van der Waals surface area contributed by atoms with Gasteiger partial charge in [-0.1, -0.05) is 18.2 Å². The van der Waals surface area contributed by atoms with Crippen LogP contribution in [0.25, 0.3) is 6.08 Å². The first kappa shape index (κ1) is 25.8. The van der Waals surface area contributed by atoms with Gasteiger partial charge < -0.3 is 19.0 Å². The first-order chi connectivity index (χ1) is 17.3. The molecule has 1 aliphatic heterocycles. The number of carbonyl (C=O) groups is 1. The SMILES string of the molecule is CCOc1cc(/C=C2\SC(=Nc3ccc(OC)cc3)NC2=O)cc(Br)c1OS(=O)(=O)c1ccccc1. The molecule has 186 valence electrons. The third-order valence-electron chi connectivity index (χ3n) is 4.81. The number of halogens is 1. The predicted molar refractivity (Wildman–Crippen MR) is 143 cm³/mol. The highest BCUT2D eigenvalue weighted by atomic mass is 79.9. The largest absolute Gasteiger partial charge is 0.497 e. The molecular formula is C25H21BrN2O6S2. The number of hydrogen-bond donors (Lipinski definition) is 1. The van der Waals surface area contributed by atoms with Gasteiger partial charge in [-0.25, -0.2) is 4.99 Å². The number of aliphatic imine (C=N–C) groups is 1. The molecule has 0 radical (unpaired) electrons. The fourth-order valence-electron chi connectivity index (χ4n) is 3.17. The molecule has 1 saturated heterocycles. The Hall–Kier alpha value is -3.28. The molecule has 0 atom stereocenters. The van der Waals surface area contributed by atoms with Crippen molar-refractivity contribution in [2.45, 2.75) is 11.8 Å². The number of ether oxygens (including phenoxy) is 2. The van der Waals surface area contributed by atoms with E-state index in [-0.39, 0.29) is 28.9 Å². The molecule has 1 heterocycles. The van der Waals surface area contributed by atoms with Crippen molar-refractivity contribution in [1.82, 2.24) is 5.32 Å². The Balaban J connectivity index is 1.60. The van der Waals surface area contributed by atoms with Gasteiger partial charge in [0.05, 0.1) is 28.8 Å². The minimum absolute atomic E-state index is 0.0214. The van der Waals surface area contributed by atoms with Gasteiger partial charge in [0, 0.05) is 0 Å². The molecule has 0 saturated carbocycles. The lowest BCUT2D eigenvalue weighted by Gasteiger charge is -2.14. The summed E-state index contributed by atoms with van der Waals surface area (Å²) in [7, 11) is -2.49. The van der Waals surface area contributed by atoms with Gasteiger partial charge in [0.15, 0.2) is 16.7 Å². The van der Waals surface area contributed by atoms with E-state index >= 15 is 0 Å². The van der Waals surface area contributed by atoms with Crippen LogP contribution in [-0.4, -0.2) is 33.2 Å². The van der Waals surface area contributed by atoms with Crippen molar-refractivity contribution in [3.8, 4) is 17.2 Å². The number of benzene rings is 3. The molecule has 0 aromatic heterocycles. The number of nitrogens with one attached hydrogen (secondary N) is 1. The zero-order chi connectivity index (χ0) is 25.7. The Bertz CT molecular complexity index is 1440. The lowest BCUT2D eigenvalue weighted by atomic mass is 10.2. The zero-order valence-electron chi connectivity index (χ0n) is 19.2. The van der Waals surface area contributed by atoms with Gasteiger partial charge in [-0.3, -0.25) is 4.79 Å². The van der Waals surface area contributed by atoms with Gasteiger partial charge in [0.1, 0.15) is 10.6 Å². The Labute approximate surface area is 221 Å². The smallest absolute Gasteiger partial charge is 0.339 e. The van der Waals surface area contributed by atoms with Crippen molar-refractivity contribution in [3.63, 3.8) is 0 Å². The molecule has 0 aliphatic carbocycles. The fraction of sp³-hybridized carbons (Fsp3) is 0.120. The van der Waals surface area contributed by atoms with Gasteiger partial charge in [0.2, 0.25) is 0 Å². The lowest BCUT2D eigenvalue weighted by molar-refractivity contribution is -0.115. The summed E-state index contributed by atoms with van der Waals surface area (Å²) in [5, 5.41) is 3.18. The topological polar surface area (TPSA) is 103 Å². The maximum Gasteiger partial charge on any atom is 0.339 e. The van der Waals surface area contributed by atoms with Crippen LogP contribution in [-0.2, 0) is 14.9 Å². The third kappa shape index (κ3) is 6.10. The van der Waals surface area contributed by atoms with Gasteiger partial charge >= 0.3 is 10.1 Å². The van der Waals surface area contributed by atoms with Crippen molar-refractivity contribution in [2.24, 2.45) is 4.99 Å². The van der Waals surface area contributed by atoms with E-state index in [9.17, 15) is 13.2 Å². The Morgan fingerprint density at radius 2 is 1.81 bits per heavy atom. The van der Waals surface area contributed by atoms with E-state index in [1.807, 2.05) is 0 Å². The fourth-order valence-corrected chi connectivity index (χ4v) is 5.63. The highest BCUT2D eigenvalue weighted by molar-refractivity contribution is 9.10. The standard InChI is InChI=1S/C25H21BrN2O6S2/c1-3-33-21-14-16(13-20(26)23(21)34-36(30,31)19-7-5-4-6-8-19)15-22-24(29)28-25(35-22)27-17-9-11-18(32-2)12-10-17/h4-15H,3H2,1-2H3,(H,27,28,29)/b22-15-. The summed E-state index contributed by atoms with van der Waals surface area (Å²) in [4.78, 5) is 17.4. The number of rotatable bonds is 8. The van der Waals surface area contributed by atoms with Gasteiger partial charge in [-0.05, 0) is 94.8 Å². The van der Waals surface area contributed by atoms with Crippen molar-refractivity contribution < 1.29 is 26.9 Å². The van der Waals surface area contributed by atoms with Crippen LogP contribution in [0.2, 0.25) is 0 Å².